The molecule has 0 rings (SSSR count). The number of methoxy groups -OCH3 is 1. The Balaban J connectivity index is 4.07. The van der Waals surface area contributed by atoms with Crippen molar-refractivity contribution in [1.82, 2.24) is 0 Å². The van der Waals surface area contributed by atoms with Gasteiger partial charge in [-0.15, -0.1) is 0 Å². The minimum absolute atomic E-state index is 0.0579. The first-order valence-corrected chi connectivity index (χ1v) is 2.42. The van der Waals surface area contributed by atoms with Gasteiger partial charge in [-0.05, 0) is 6.92 Å². The summed E-state index contributed by atoms with van der Waals surface area (Å²) in [4.78, 5) is 20.2. The Kier molecular flexibility index (Phi) is 3.35. The summed E-state index contributed by atoms with van der Waals surface area (Å²) in [5, 5.41) is 0. The van der Waals surface area contributed by atoms with Gasteiger partial charge in [-0.25, -0.2) is 0 Å². The maximum Gasteiger partial charge on any atom is 0.184 e. The van der Waals surface area contributed by atoms with Gasteiger partial charge >= 0.3 is 0 Å². The molecule has 0 radical (unpaired) electrons. The minimum atomic E-state index is -0.195. The molecular weight excluding hydrogens is 120 g/mol. The molecule has 0 atom stereocenters. The lowest BCUT2D eigenvalue weighted by Gasteiger charge is -1.92. The van der Waals surface area contributed by atoms with Crippen LogP contribution < -0.4 is 0 Å². The Morgan fingerprint density at radius 3 is 2.22 bits per heavy atom. The number of ether oxygens (including phenoxy) is 1. The summed E-state index contributed by atoms with van der Waals surface area (Å²) in [6, 6.07) is 0. The zero-order valence-corrected chi connectivity index (χ0v) is 5.38. The van der Waals surface area contributed by atoms with E-state index in [9.17, 15) is 9.59 Å². The second kappa shape index (κ2) is 3.83. The van der Waals surface area contributed by atoms with Gasteiger partial charge in [-0.1, -0.05) is 0 Å². The van der Waals surface area contributed by atoms with Gasteiger partial charge < -0.3 is 4.74 Å². The summed E-state index contributed by atoms with van der Waals surface area (Å²) in [5.74, 6) is -0.138. The van der Waals surface area contributed by atoms with E-state index in [-0.39, 0.29) is 11.5 Å². The van der Waals surface area contributed by atoms with E-state index in [0.717, 1.165) is 6.08 Å². The molecule has 0 aromatic carbocycles. The molecule has 3 heteroatoms. The quantitative estimate of drug-likeness (QED) is 0.312. The fraction of sp³-hybridized carbons (Fsp3) is 0.333. The number of hydrogen-bond donors (Lipinski definition) is 0. The molecule has 9 heavy (non-hydrogen) atoms. The van der Waals surface area contributed by atoms with Crippen LogP contribution in [0.5, 0.6) is 0 Å². The highest BCUT2D eigenvalue weighted by atomic mass is 16.5. The van der Waals surface area contributed by atoms with Gasteiger partial charge in [0.05, 0.1) is 7.11 Å². The molecule has 0 aromatic heterocycles. The molecule has 0 heterocycles. The highest BCUT2D eigenvalue weighted by Gasteiger charge is 1.92. The van der Waals surface area contributed by atoms with Crippen LogP contribution in [0.3, 0.4) is 0 Å². The van der Waals surface area contributed by atoms with Crippen molar-refractivity contribution in [3.05, 3.63) is 11.8 Å². The Bertz CT molecular complexity index is 146. The lowest BCUT2D eigenvalue weighted by atomic mass is 10.4. The number of carbonyl (C=O) groups is 2. The summed E-state index contributed by atoms with van der Waals surface area (Å²) in [6.07, 6.45) is 1.62. The van der Waals surface area contributed by atoms with Gasteiger partial charge in [-0.3, -0.25) is 9.59 Å². The van der Waals surface area contributed by atoms with E-state index in [2.05, 4.69) is 4.74 Å². The van der Waals surface area contributed by atoms with Crippen molar-refractivity contribution >= 4 is 12.1 Å². The van der Waals surface area contributed by atoms with Gasteiger partial charge in [0.15, 0.2) is 17.8 Å². The van der Waals surface area contributed by atoms with Crippen LogP contribution in [-0.4, -0.2) is 19.2 Å². The number of aldehydes is 1. The summed E-state index contributed by atoms with van der Waals surface area (Å²) >= 11 is 0. The van der Waals surface area contributed by atoms with Crippen molar-refractivity contribution in [2.75, 3.05) is 7.11 Å². The molecule has 0 N–H and O–H groups in total. The minimum Gasteiger partial charge on any atom is -0.493 e. The zero-order chi connectivity index (χ0) is 7.28. The topological polar surface area (TPSA) is 43.4 Å². The Hall–Kier alpha value is -1.12. The third-order valence-electron chi connectivity index (χ3n) is 0.697. The molecule has 3 nitrogen and oxygen atoms in total. The van der Waals surface area contributed by atoms with E-state index in [4.69, 9.17) is 0 Å². The molecule has 50 valence electrons. The Labute approximate surface area is 53.3 Å². The van der Waals surface area contributed by atoms with Crippen LogP contribution >= 0.6 is 0 Å². The molecule has 0 unspecified atom stereocenters. The predicted octanol–water partition coefficient (Wildman–Crippen LogP) is 0.305. The molecule has 0 saturated heterocycles. The molecule has 0 aliphatic heterocycles. The number of hydrogen-bond acceptors (Lipinski definition) is 3. The van der Waals surface area contributed by atoms with Crippen LogP contribution in [0, 0.1) is 0 Å². The highest BCUT2D eigenvalue weighted by Crippen LogP contribution is 1.88. The maximum absolute atomic E-state index is 10.3. The highest BCUT2D eigenvalue weighted by molar-refractivity contribution is 5.92. The van der Waals surface area contributed by atoms with Crippen LogP contribution in [0.4, 0.5) is 0 Å². The summed E-state index contributed by atoms with van der Waals surface area (Å²) in [5.41, 5.74) is 0. The molecule has 0 aliphatic carbocycles. The van der Waals surface area contributed by atoms with Crippen molar-refractivity contribution in [2.24, 2.45) is 0 Å². The van der Waals surface area contributed by atoms with E-state index in [1.807, 2.05) is 0 Å². The molecule has 0 aromatic rings. The second-order valence-electron chi connectivity index (χ2n) is 1.48. The van der Waals surface area contributed by atoms with Crippen molar-refractivity contribution in [1.29, 1.82) is 0 Å². The SMILES string of the molecule is CO/C(C=O)=C\C(C)=O. The number of rotatable bonds is 3. The van der Waals surface area contributed by atoms with E-state index in [0.29, 0.717) is 6.29 Å². The average molecular weight is 128 g/mol. The summed E-state index contributed by atoms with van der Waals surface area (Å²) in [7, 11) is 1.34. The molecule has 0 aliphatic rings. The number of allylic oxidation sites excluding steroid dienone is 2. The molecular formula is C6H8O3. The Morgan fingerprint density at radius 1 is 1.56 bits per heavy atom. The van der Waals surface area contributed by atoms with E-state index < -0.39 is 0 Å². The molecule has 0 bridgehead atoms. The third-order valence-corrected chi connectivity index (χ3v) is 0.697. The van der Waals surface area contributed by atoms with Crippen molar-refractivity contribution < 1.29 is 14.3 Å². The van der Waals surface area contributed by atoms with Crippen molar-refractivity contribution in [2.45, 2.75) is 6.92 Å². The van der Waals surface area contributed by atoms with Crippen LogP contribution in [0.2, 0.25) is 0 Å². The number of carbonyl (C=O) groups excluding carboxylic acids is 2. The van der Waals surface area contributed by atoms with Crippen molar-refractivity contribution in [3.8, 4) is 0 Å². The Morgan fingerprint density at radius 2 is 2.11 bits per heavy atom. The largest absolute Gasteiger partial charge is 0.493 e. The number of ketones is 1. The summed E-state index contributed by atoms with van der Waals surface area (Å²) in [6.45, 7) is 1.35. The van der Waals surface area contributed by atoms with Gasteiger partial charge in [0.1, 0.15) is 0 Å². The normalized spacial score (nSPS) is 10.7. The third kappa shape index (κ3) is 3.46. The van der Waals surface area contributed by atoms with Gasteiger partial charge in [0, 0.05) is 6.08 Å². The fourth-order valence-corrected chi connectivity index (χ4v) is 0.341. The van der Waals surface area contributed by atoms with Crippen molar-refractivity contribution in [3.63, 3.8) is 0 Å². The molecule has 0 saturated carbocycles. The first kappa shape index (κ1) is 7.88. The molecule has 0 fully saturated rings. The first-order valence-electron chi connectivity index (χ1n) is 2.42. The maximum atomic E-state index is 10.3. The average Bonchev–Trinajstić information content (AvgIpc) is 1.82. The standard InChI is InChI=1S/C6H8O3/c1-5(8)3-6(4-7)9-2/h3-4H,1-2H3/b6-3-. The van der Waals surface area contributed by atoms with Crippen LogP contribution in [-0.2, 0) is 14.3 Å². The van der Waals surface area contributed by atoms with E-state index in [1.165, 1.54) is 14.0 Å². The monoisotopic (exact) mass is 128 g/mol. The van der Waals surface area contributed by atoms with E-state index in [1.54, 1.807) is 0 Å². The first-order chi connectivity index (χ1) is 4.20. The summed E-state index contributed by atoms with van der Waals surface area (Å²) < 4.78 is 4.48. The van der Waals surface area contributed by atoms with Gasteiger partial charge in [0.25, 0.3) is 0 Å². The van der Waals surface area contributed by atoms with Gasteiger partial charge in [-0.2, -0.15) is 0 Å². The molecule has 0 amide bonds. The smallest absolute Gasteiger partial charge is 0.184 e. The zero-order valence-electron chi connectivity index (χ0n) is 5.38. The lowest BCUT2D eigenvalue weighted by Crippen LogP contribution is -1.92. The van der Waals surface area contributed by atoms with Crippen LogP contribution in [0.25, 0.3) is 0 Å². The van der Waals surface area contributed by atoms with Crippen LogP contribution in [0.15, 0.2) is 11.8 Å². The van der Waals surface area contributed by atoms with E-state index >= 15 is 0 Å². The second-order valence-corrected chi connectivity index (χ2v) is 1.48. The van der Waals surface area contributed by atoms with Crippen LogP contribution in [0.1, 0.15) is 6.92 Å². The lowest BCUT2D eigenvalue weighted by molar-refractivity contribution is -0.113. The fourth-order valence-electron chi connectivity index (χ4n) is 0.341. The van der Waals surface area contributed by atoms with Gasteiger partial charge in [0.2, 0.25) is 0 Å². The molecule has 0 spiro atoms. The predicted molar refractivity (Wildman–Crippen MR) is 31.8 cm³/mol.